The van der Waals surface area contributed by atoms with Gasteiger partial charge in [0.05, 0.1) is 7.11 Å². The maximum absolute atomic E-state index is 11.8. The fraction of sp³-hybridized carbons (Fsp3) is 0.533. The van der Waals surface area contributed by atoms with Crippen molar-refractivity contribution in [1.82, 2.24) is 5.32 Å². The first-order valence-corrected chi connectivity index (χ1v) is 6.85. The number of ether oxygens (including phenoxy) is 1. The van der Waals surface area contributed by atoms with Crippen molar-refractivity contribution in [2.24, 2.45) is 11.7 Å². The van der Waals surface area contributed by atoms with Crippen LogP contribution in [0, 0.1) is 5.92 Å². The zero-order valence-corrected chi connectivity index (χ0v) is 12.6. The minimum atomic E-state index is 0. The smallest absolute Gasteiger partial charge is 0.220 e. The van der Waals surface area contributed by atoms with Crippen LogP contribution in [0.1, 0.15) is 24.8 Å². The number of carbonyl (C=O) groups excluding carboxylic acids is 1. The Morgan fingerprint density at radius 3 is 2.55 bits per heavy atom. The molecule has 4 nitrogen and oxygen atoms in total. The van der Waals surface area contributed by atoms with E-state index < -0.39 is 0 Å². The molecule has 0 aromatic heterocycles. The molecular weight excluding hydrogens is 276 g/mol. The van der Waals surface area contributed by atoms with Gasteiger partial charge in [0.1, 0.15) is 5.75 Å². The van der Waals surface area contributed by atoms with E-state index in [9.17, 15) is 4.79 Å². The highest BCUT2D eigenvalue weighted by Gasteiger charge is 2.30. The fourth-order valence-corrected chi connectivity index (χ4v) is 2.20. The molecule has 2 rings (SSSR count). The van der Waals surface area contributed by atoms with Crippen molar-refractivity contribution >= 4 is 18.3 Å². The first kappa shape index (κ1) is 16.8. The van der Waals surface area contributed by atoms with E-state index in [2.05, 4.69) is 5.32 Å². The molecule has 0 bridgehead atoms. The Kier molecular flexibility index (Phi) is 6.82. The molecule has 112 valence electrons. The van der Waals surface area contributed by atoms with E-state index in [1.165, 1.54) is 12.8 Å². The van der Waals surface area contributed by atoms with Crippen LogP contribution in [0.15, 0.2) is 24.3 Å². The second-order valence-electron chi connectivity index (χ2n) is 5.10. The van der Waals surface area contributed by atoms with E-state index in [1.807, 2.05) is 24.3 Å². The van der Waals surface area contributed by atoms with Gasteiger partial charge in [0, 0.05) is 19.0 Å². The largest absolute Gasteiger partial charge is 0.497 e. The Labute approximate surface area is 126 Å². The number of halogens is 1. The summed E-state index contributed by atoms with van der Waals surface area (Å²) in [7, 11) is 1.65. The highest BCUT2D eigenvalue weighted by molar-refractivity contribution is 5.85. The second kappa shape index (κ2) is 8.12. The third-order valence-corrected chi connectivity index (χ3v) is 3.59. The number of carbonyl (C=O) groups is 1. The summed E-state index contributed by atoms with van der Waals surface area (Å²) in [5.74, 6) is 1.54. The SMILES string of the molecule is COc1ccc(CCC(=O)NC(CN)C2CC2)cc1.Cl. The molecule has 1 aliphatic carbocycles. The maximum atomic E-state index is 11.8. The molecular formula is C15H23ClN2O2. The van der Waals surface area contributed by atoms with Crippen molar-refractivity contribution in [3.8, 4) is 5.75 Å². The van der Waals surface area contributed by atoms with Gasteiger partial charge in [-0.25, -0.2) is 0 Å². The maximum Gasteiger partial charge on any atom is 0.220 e. The zero-order chi connectivity index (χ0) is 13.7. The van der Waals surface area contributed by atoms with Crippen LogP contribution in [-0.4, -0.2) is 25.6 Å². The van der Waals surface area contributed by atoms with Crippen molar-refractivity contribution in [2.75, 3.05) is 13.7 Å². The number of nitrogens with one attached hydrogen (secondary N) is 1. The molecule has 0 heterocycles. The highest BCUT2D eigenvalue weighted by atomic mass is 35.5. The molecule has 1 aromatic rings. The summed E-state index contributed by atoms with van der Waals surface area (Å²) in [4.78, 5) is 11.8. The van der Waals surface area contributed by atoms with Gasteiger partial charge in [-0.1, -0.05) is 12.1 Å². The first-order chi connectivity index (χ1) is 9.22. The first-order valence-electron chi connectivity index (χ1n) is 6.85. The Morgan fingerprint density at radius 1 is 1.40 bits per heavy atom. The number of hydrogen-bond acceptors (Lipinski definition) is 3. The molecule has 1 aliphatic rings. The van der Waals surface area contributed by atoms with Crippen molar-refractivity contribution in [3.63, 3.8) is 0 Å². The Morgan fingerprint density at radius 2 is 2.05 bits per heavy atom. The number of aryl methyl sites for hydroxylation is 1. The van der Waals surface area contributed by atoms with Gasteiger partial charge in [0.25, 0.3) is 0 Å². The van der Waals surface area contributed by atoms with Crippen LogP contribution in [0.5, 0.6) is 5.75 Å². The van der Waals surface area contributed by atoms with E-state index in [-0.39, 0.29) is 24.4 Å². The zero-order valence-electron chi connectivity index (χ0n) is 11.8. The summed E-state index contributed by atoms with van der Waals surface area (Å²) < 4.78 is 5.10. The summed E-state index contributed by atoms with van der Waals surface area (Å²) in [6, 6.07) is 7.99. The predicted octanol–water partition coefficient (Wildman–Crippen LogP) is 1.90. The monoisotopic (exact) mass is 298 g/mol. The van der Waals surface area contributed by atoms with Gasteiger partial charge in [0.15, 0.2) is 0 Å². The molecule has 0 radical (unpaired) electrons. The number of hydrogen-bond donors (Lipinski definition) is 2. The normalized spacial score (nSPS) is 15.1. The lowest BCUT2D eigenvalue weighted by atomic mass is 10.1. The lowest BCUT2D eigenvalue weighted by Gasteiger charge is -2.15. The number of methoxy groups -OCH3 is 1. The van der Waals surface area contributed by atoms with Crippen LogP contribution < -0.4 is 15.8 Å². The van der Waals surface area contributed by atoms with Crippen molar-refractivity contribution in [1.29, 1.82) is 0 Å². The summed E-state index contributed by atoms with van der Waals surface area (Å²) in [6.07, 6.45) is 3.65. The number of nitrogens with two attached hydrogens (primary N) is 1. The van der Waals surface area contributed by atoms with Gasteiger partial charge < -0.3 is 15.8 Å². The van der Waals surface area contributed by atoms with E-state index in [0.717, 1.165) is 17.7 Å². The summed E-state index contributed by atoms with van der Waals surface area (Å²) in [5, 5.41) is 3.03. The lowest BCUT2D eigenvalue weighted by molar-refractivity contribution is -0.121. The molecule has 0 aliphatic heterocycles. The van der Waals surface area contributed by atoms with E-state index in [0.29, 0.717) is 18.9 Å². The molecule has 1 unspecified atom stereocenters. The molecule has 1 amide bonds. The van der Waals surface area contributed by atoms with Gasteiger partial charge >= 0.3 is 0 Å². The lowest BCUT2D eigenvalue weighted by Crippen LogP contribution is -2.41. The third kappa shape index (κ3) is 5.02. The summed E-state index contributed by atoms with van der Waals surface area (Å²) in [5.41, 5.74) is 6.82. The standard InChI is InChI=1S/C15H22N2O2.ClH/c1-19-13-7-2-11(3-8-13)4-9-15(18)17-14(10-16)12-5-6-12;/h2-3,7-8,12,14H,4-6,9-10,16H2,1H3,(H,17,18);1H. The minimum Gasteiger partial charge on any atom is -0.497 e. The van der Waals surface area contributed by atoms with Crippen LogP contribution in [0.3, 0.4) is 0 Å². The average molecular weight is 299 g/mol. The summed E-state index contributed by atoms with van der Waals surface area (Å²) in [6.45, 7) is 0.541. The molecule has 5 heteroatoms. The van der Waals surface area contributed by atoms with E-state index in [4.69, 9.17) is 10.5 Å². The number of rotatable bonds is 7. The molecule has 20 heavy (non-hydrogen) atoms. The quantitative estimate of drug-likeness (QED) is 0.808. The molecule has 1 aromatic carbocycles. The molecule has 0 saturated heterocycles. The molecule has 0 spiro atoms. The fourth-order valence-electron chi connectivity index (χ4n) is 2.20. The Hall–Kier alpha value is -1.26. The summed E-state index contributed by atoms with van der Waals surface area (Å²) >= 11 is 0. The Balaban J connectivity index is 0.00000200. The Bertz CT molecular complexity index is 418. The molecule has 1 fully saturated rings. The minimum absolute atomic E-state index is 0. The average Bonchev–Trinajstić information content (AvgIpc) is 3.27. The topological polar surface area (TPSA) is 64.3 Å². The second-order valence-corrected chi connectivity index (χ2v) is 5.10. The van der Waals surface area contributed by atoms with Gasteiger partial charge in [-0.3, -0.25) is 4.79 Å². The van der Waals surface area contributed by atoms with Crippen LogP contribution >= 0.6 is 12.4 Å². The number of amides is 1. The third-order valence-electron chi connectivity index (χ3n) is 3.59. The van der Waals surface area contributed by atoms with Crippen molar-refractivity contribution < 1.29 is 9.53 Å². The van der Waals surface area contributed by atoms with Gasteiger partial charge in [-0.15, -0.1) is 12.4 Å². The van der Waals surface area contributed by atoms with Crippen LogP contribution in [-0.2, 0) is 11.2 Å². The molecule has 3 N–H and O–H groups in total. The van der Waals surface area contributed by atoms with Crippen LogP contribution in [0.2, 0.25) is 0 Å². The van der Waals surface area contributed by atoms with Gasteiger partial charge in [-0.05, 0) is 42.9 Å². The van der Waals surface area contributed by atoms with E-state index >= 15 is 0 Å². The predicted molar refractivity (Wildman–Crippen MR) is 82.3 cm³/mol. The number of benzene rings is 1. The van der Waals surface area contributed by atoms with E-state index in [1.54, 1.807) is 7.11 Å². The molecule has 1 saturated carbocycles. The van der Waals surface area contributed by atoms with Crippen LogP contribution in [0.25, 0.3) is 0 Å². The molecule has 1 atom stereocenters. The van der Waals surface area contributed by atoms with Gasteiger partial charge in [-0.2, -0.15) is 0 Å². The highest BCUT2D eigenvalue weighted by Crippen LogP contribution is 2.32. The van der Waals surface area contributed by atoms with Crippen molar-refractivity contribution in [3.05, 3.63) is 29.8 Å². The van der Waals surface area contributed by atoms with Crippen LogP contribution in [0.4, 0.5) is 0 Å². The van der Waals surface area contributed by atoms with Crippen molar-refractivity contribution in [2.45, 2.75) is 31.7 Å². The van der Waals surface area contributed by atoms with Gasteiger partial charge in [0.2, 0.25) is 5.91 Å².